The monoisotopic (exact) mass is 575 g/mol. The van der Waals surface area contributed by atoms with Crippen LogP contribution in [0.3, 0.4) is 0 Å². The largest absolute Gasteiger partial charge is 0.265 e. The van der Waals surface area contributed by atoms with Gasteiger partial charge in [-0.05, 0) is 53.2 Å². The Morgan fingerprint density at radius 2 is 0.488 bits per heavy atom. The highest BCUT2D eigenvalue weighted by Gasteiger charge is 1.61. The van der Waals surface area contributed by atoms with Crippen LogP contribution < -0.4 is 0 Å². The number of hydrogen-bond donors (Lipinski definition) is 0. The van der Waals surface area contributed by atoms with Gasteiger partial charge < -0.3 is 0 Å². The van der Waals surface area contributed by atoms with Crippen molar-refractivity contribution in [2.24, 2.45) is 0 Å². The predicted molar refractivity (Wildman–Crippen MR) is 186 cm³/mol. The molecule has 0 atom stereocenters. The molecule has 6 heteroatoms. The Bertz CT molecular complexity index is 736. The molecule has 41 heavy (non-hydrogen) atoms. The Kier molecular flexibility index (Phi) is 54.7. The molecule has 0 radical (unpaired) electrons. The number of pyridine rings is 3. The summed E-state index contributed by atoms with van der Waals surface area (Å²) in [6.45, 7) is 0. The van der Waals surface area contributed by atoms with Crippen LogP contribution in [0.2, 0.25) is 0 Å². The van der Waals surface area contributed by atoms with Crippen molar-refractivity contribution in [1.29, 1.82) is 0 Å². The van der Waals surface area contributed by atoms with E-state index >= 15 is 0 Å². The Morgan fingerprint density at radius 1 is 0.244 bits per heavy atom. The molecule has 0 amide bonds. The molecule has 0 aliphatic heterocycles. The van der Waals surface area contributed by atoms with E-state index in [1.165, 1.54) is 6.33 Å². The van der Waals surface area contributed by atoms with E-state index < -0.39 is 0 Å². The van der Waals surface area contributed by atoms with E-state index in [9.17, 15) is 0 Å². The molecule has 224 valence electrons. The Balaban J connectivity index is -0.0000000872. The van der Waals surface area contributed by atoms with Crippen LogP contribution in [0.4, 0.5) is 0 Å². The molecule has 5 nitrogen and oxygen atoms in total. The van der Waals surface area contributed by atoms with Gasteiger partial charge in [-0.15, -0.1) is 0 Å². The van der Waals surface area contributed by atoms with Crippen molar-refractivity contribution in [3.05, 3.63) is 176 Å². The first-order valence-electron chi connectivity index (χ1n) is 10.7. The van der Waals surface area contributed by atoms with Crippen LogP contribution in [-0.2, 0) is 0 Å². The van der Waals surface area contributed by atoms with Gasteiger partial charge in [-0.1, -0.05) is 111 Å². The lowest BCUT2D eigenvalue weighted by atomic mass is 10.4. The Labute approximate surface area is 256 Å². The zero-order chi connectivity index (χ0) is 24.7. The lowest BCUT2D eigenvalue weighted by Gasteiger charge is -1.70. The second-order valence-corrected chi connectivity index (χ2v) is 6.74. The van der Waals surface area contributed by atoms with Gasteiger partial charge in [0.2, 0.25) is 0 Å². The smallest absolute Gasteiger partial charge is 0.115 e. The van der Waals surface area contributed by atoms with Crippen molar-refractivity contribution in [2.75, 3.05) is 0 Å². The van der Waals surface area contributed by atoms with Crippen LogP contribution in [0, 0.1) is 0 Å². The molecular weight excluding hydrogens is 522 g/mol. The van der Waals surface area contributed by atoms with Crippen molar-refractivity contribution in [2.45, 2.75) is 44.6 Å². The van der Waals surface area contributed by atoms with Gasteiger partial charge in [0, 0.05) is 49.6 Å². The third-order valence-corrected chi connectivity index (χ3v) is 3.90. The fourth-order valence-corrected chi connectivity index (χ4v) is 2.26. The number of nitrogens with zero attached hydrogens (tertiary/aromatic N) is 5. The molecule has 0 unspecified atom stereocenters. The summed E-state index contributed by atoms with van der Waals surface area (Å²) in [6, 6.07) is 35.0. The molecule has 0 aliphatic rings. The zero-order valence-electron chi connectivity index (χ0n) is 19.4. The number of hydrogen-bond acceptors (Lipinski definition) is 6. The summed E-state index contributed by atoms with van der Waals surface area (Å²) in [5.41, 5.74) is 0. The van der Waals surface area contributed by atoms with Crippen LogP contribution in [0.15, 0.2) is 176 Å². The first-order chi connectivity index (χ1) is 17.5. The molecule has 6 rings (SSSR count). The van der Waals surface area contributed by atoms with E-state index in [1.54, 1.807) is 67.0 Å². The van der Waals surface area contributed by atoms with Gasteiger partial charge in [-0.2, -0.15) is 11.3 Å². The zero-order valence-corrected chi connectivity index (χ0v) is 20.2. The van der Waals surface area contributed by atoms with Gasteiger partial charge in [0.25, 0.3) is 0 Å². The van der Waals surface area contributed by atoms with E-state index in [2.05, 4.69) is 24.9 Å². The molecule has 1 aromatic carbocycles. The van der Waals surface area contributed by atoms with Gasteiger partial charge in [0.05, 0.1) is 0 Å². The number of rotatable bonds is 0. The van der Waals surface area contributed by atoms with Crippen molar-refractivity contribution < 1.29 is 0 Å². The molecule has 5 heterocycles. The van der Waals surface area contributed by atoms with Crippen LogP contribution in [0.5, 0.6) is 0 Å². The molecule has 0 spiro atoms. The van der Waals surface area contributed by atoms with Crippen molar-refractivity contribution in [3.8, 4) is 0 Å². The second kappa shape index (κ2) is 45.4. The van der Waals surface area contributed by atoms with Crippen molar-refractivity contribution >= 4 is 11.3 Å². The van der Waals surface area contributed by atoms with E-state index in [4.69, 9.17) is 0 Å². The summed E-state index contributed by atoms with van der Waals surface area (Å²) in [5.74, 6) is 0. The van der Waals surface area contributed by atoms with Gasteiger partial charge in [-0.3, -0.25) is 15.0 Å². The van der Waals surface area contributed by atoms with Crippen LogP contribution in [-0.4, -0.2) is 24.9 Å². The minimum Gasteiger partial charge on any atom is -0.265 e. The highest BCUT2D eigenvalue weighted by molar-refractivity contribution is 7.07. The highest BCUT2D eigenvalue weighted by Crippen LogP contribution is 1.91. The fourth-order valence-electron chi connectivity index (χ4n) is 1.80. The van der Waals surface area contributed by atoms with E-state index in [0.29, 0.717) is 0 Å². The summed E-state index contributed by atoms with van der Waals surface area (Å²) in [6.07, 6.45) is 15.4. The second-order valence-electron chi connectivity index (χ2n) is 5.93. The van der Waals surface area contributed by atoms with E-state index in [1.807, 2.05) is 114 Å². The third kappa shape index (κ3) is 42.8. The SMILES string of the molecule is C.C.C.C.C.C.c1ccccc1.c1ccncc1.c1ccncc1.c1ccncc1.c1ccsc1.c1cncnc1. The van der Waals surface area contributed by atoms with E-state index in [0.717, 1.165) is 0 Å². The topological polar surface area (TPSA) is 64.5 Å². The molecule has 5 aromatic heterocycles. The first-order valence-corrected chi connectivity index (χ1v) is 11.7. The van der Waals surface area contributed by atoms with Crippen LogP contribution in [0.25, 0.3) is 0 Å². The summed E-state index contributed by atoms with van der Waals surface area (Å²) < 4.78 is 0. The minimum absolute atomic E-state index is 0. The normalized spacial score (nSPS) is 6.83. The molecule has 0 fully saturated rings. The molecule has 6 aromatic rings. The van der Waals surface area contributed by atoms with Gasteiger partial charge >= 0.3 is 0 Å². The number of aromatic nitrogens is 5. The standard InChI is InChI=1S/C6H6.3C5H5N.C4H4N2.C4H4S.6CH4/c4*1-2-4-6-5-3-1;1-2-5-4-6-3-1;1-2-4-5-3-1;;;;;;/h1-6H;3*1-5H;1-4H;1-4H;6*1H4. The highest BCUT2D eigenvalue weighted by atomic mass is 32.1. The molecule has 0 aliphatic carbocycles. The molecule has 0 saturated carbocycles. The average Bonchev–Trinajstić information content (AvgIpc) is 3.60. The summed E-state index contributed by atoms with van der Waals surface area (Å²) >= 11 is 1.71. The minimum atomic E-state index is 0. The molecule has 0 saturated heterocycles. The maximum Gasteiger partial charge on any atom is 0.115 e. The Hall–Kier alpha value is -4.55. The van der Waals surface area contributed by atoms with Crippen LogP contribution >= 0.6 is 11.3 Å². The maximum absolute atomic E-state index is 3.78. The fraction of sp³-hybridized carbons (Fsp3) is 0.171. The molecular formula is C35H53N5S. The van der Waals surface area contributed by atoms with Crippen molar-refractivity contribution in [3.63, 3.8) is 0 Å². The summed E-state index contributed by atoms with van der Waals surface area (Å²) in [7, 11) is 0. The van der Waals surface area contributed by atoms with Gasteiger partial charge in [-0.25, -0.2) is 9.97 Å². The van der Waals surface area contributed by atoms with Crippen LogP contribution in [0.1, 0.15) is 44.6 Å². The third-order valence-electron chi connectivity index (χ3n) is 3.27. The molecule has 0 bridgehead atoms. The molecule has 0 N–H and O–H groups in total. The number of benzene rings is 1. The summed E-state index contributed by atoms with van der Waals surface area (Å²) in [4.78, 5) is 18.7. The quantitative estimate of drug-likeness (QED) is 0.180. The lowest BCUT2D eigenvalue weighted by molar-refractivity contribution is 1.17. The van der Waals surface area contributed by atoms with Crippen molar-refractivity contribution in [1.82, 2.24) is 24.9 Å². The Morgan fingerprint density at radius 3 is 0.585 bits per heavy atom. The van der Waals surface area contributed by atoms with Gasteiger partial charge in [0.15, 0.2) is 0 Å². The van der Waals surface area contributed by atoms with Gasteiger partial charge in [0.1, 0.15) is 6.33 Å². The van der Waals surface area contributed by atoms with E-state index in [-0.39, 0.29) is 44.6 Å². The lowest BCUT2D eigenvalue weighted by Crippen LogP contribution is -1.66. The first kappa shape index (κ1) is 49.4. The number of thiophene rings is 1. The average molecular weight is 576 g/mol. The predicted octanol–water partition coefficient (Wildman–Crippen LogP) is 11.0. The maximum atomic E-state index is 3.78. The summed E-state index contributed by atoms with van der Waals surface area (Å²) in [5, 5.41) is 4.08.